The maximum Gasteiger partial charge on any atom is 0.0728 e. The Kier molecular flexibility index (Phi) is 3.98. The monoisotopic (exact) mass is 195 g/mol. The molecule has 1 heterocycles. The highest BCUT2D eigenvalue weighted by atomic mass is 15.3. The van der Waals surface area contributed by atoms with Crippen LogP contribution in [0.2, 0.25) is 0 Å². The van der Waals surface area contributed by atoms with Gasteiger partial charge in [0, 0.05) is 19.3 Å². The van der Waals surface area contributed by atoms with Crippen LogP contribution in [0.1, 0.15) is 33.6 Å². The molecule has 0 saturated carbocycles. The van der Waals surface area contributed by atoms with E-state index in [0.717, 1.165) is 11.6 Å². The minimum Gasteiger partial charge on any atom is -0.380 e. The fourth-order valence-corrected chi connectivity index (χ4v) is 1.44. The van der Waals surface area contributed by atoms with Gasteiger partial charge in [-0.3, -0.25) is 4.68 Å². The van der Waals surface area contributed by atoms with Gasteiger partial charge in [0.15, 0.2) is 0 Å². The molecule has 0 saturated heterocycles. The highest BCUT2D eigenvalue weighted by Crippen LogP contribution is 2.11. The molecule has 0 amide bonds. The number of aromatic nitrogens is 2. The van der Waals surface area contributed by atoms with Gasteiger partial charge in [0.1, 0.15) is 0 Å². The van der Waals surface area contributed by atoms with Crippen LogP contribution in [-0.2, 0) is 7.05 Å². The third-order valence-corrected chi connectivity index (χ3v) is 2.29. The Hall–Kier alpha value is -0.990. The molecule has 0 aliphatic heterocycles. The van der Waals surface area contributed by atoms with Crippen molar-refractivity contribution >= 4 is 5.69 Å². The van der Waals surface area contributed by atoms with Crippen LogP contribution < -0.4 is 5.32 Å². The molecule has 1 N–H and O–H groups in total. The molecule has 0 spiro atoms. The lowest BCUT2D eigenvalue weighted by Gasteiger charge is -2.14. The molecular weight excluding hydrogens is 174 g/mol. The molecule has 14 heavy (non-hydrogen) atoms. The van der Waals surface area contributed by atoms with Crippen molar-refractivity contribution in [3.05, 3.63) is 12.4 Å². The van der Waals surface area contributed by atoms with Crippen LogP contribution in [0.4, 0.5) is 5.69 Å². The van der Waals surface area contributed by atoms with Crippen molar-refractivity contribution in [2.75, 3.05) is 5.32 Å². The zero-order chi connectivity index (χ0) is 10.6. The first-order valence-electron chi connectivity index (χ1n) is 5.33. The third kappa shape index (κ3) is 3.81. The molecule has 1 aromatic rings. The van der Waals surface area contributed by atoms with Crippen LogP contribution >= 0.6 is 0 Å². The van der Waals surface area contributed by atoms with E-state index >= 15 is 0 Å². The van der Waals surface area contributed by atoms with Crippen molar-refractivity contribution in [1.29, 1.82) is 0 Å². The lowest BCUT2D eigenvalue weighted by atomic mass is 10.0. The molecule has 0 unspecified atom stereocenters. The van der Waals surface area contributed by atoms with Crippen LogP contribution in [-0.4, -0.2) is 15.8 Å². The Morgan fingerprint density at radius 3 is 2.57 bits per heavy atom. The van der Waals surface area contributed by atoms with Gasteiger partial charge in [-0.1, -0.05) is 13.8 Å². The average molecular weight is 195 g/mol. The van der Waals surface area contributed by atoms with Crippen LogP contribution in [0.25, 0.3) is 0 Å². The van der Waals surface area contributed by atoms with E-state index in [1.165, 1.54) is 12.8 Å². The summed E-state index contributed by atoms with van der Waals surface area (Å²) in [5.41, 5.74) is 1.11. The highest BCUT2D eigenvalue weighted by Gasteiger charge is 2.04. The van der Waals surface area contributed by atoms with E-state index in [-0.39, 0.29) is 0 Å². The normalized spacial score (nSPS) is 13.2. The summed E-state index contributed by atoms with van der Waals surface area (Å²) in [4.78, 5) is 0. The lowest BCUT2D eigenvalue weighted by molar-refractivity contribution is 0.527. The molecule has 3 heteroatoms. The molecule has 1 aromatic heterocycles. The Morgan fingerprint density at radius 2 is 2.07 bits per heavy atom. The maximum absolute atomic E-state index is 4.12. The Balaban J connectivity index is 2.30. The van der Waals surface area contributed by atoms with E-state index in [0.29, 0.717) is 6.04 Å². The van der Waals surface area contributed by atoms with Gasteiger partial charge in [0.25, 0.3) is 0 Å². The summed E-state index contributed by atoms with van der Waals surface area (Å²) in [6.07, 6.45) is 6.36. The molecule has 1 rings (SSSR count). The van der Waals surface area contributed by atoms with Crippen molar-refractivity contribution in [1.82, 2.24) is 9.78 Å². The van der Waals surface area contributed by atoms with Crippen molar-refractivity contribution in [3.8, 4) is 0 Å². The summed E-state index contributed by atoms with van der Waals surface area (Å²) in [6.45, 7) is 6.74. The van der Waals surface area contributed by atoms with Crippen LogP contribution in [0.3, 0.4) is 0 Å². The second kappa shape index (κ2) is 5.03. The SMILES string of the molecule is CC(C)CC[C@@H](C)Nc1cnn(C)c1. The number of aryl methyl sites for hydroxylation is 1. The Morgan fingerprint density at radius 1 is 1.36 bits per heavy atom. The first kappa shape index (κ1) is 11.1. The van der Waals surface area contributed by atoms with E-state index < -0.39 is 0 Å². The number of rotatable bonds is 5. The minimum absolute atomic E-state index is 0.529. The average Bonchev–Trinajstić information content (AvgIpc) is 2.48. The molecule has 0 radical (unpaired) electrons. The topological polar surface area (TPSA) is 29.9 Å². The maximum atomic E-state index is 4.12. The first-order chi connectivity index (χ1) is 6.58. The van der Waals surface area contributed by atoms with Crippen molar-refractivity contribution in [2.45, 2.75) is 39.7 Å². The third-order valence-electron chi connectivity index (χ3n) is 2.29. The van der Waals surface area contributed by atoms with E-state index in [9.17, 15) is 0 Å². The standard InChI is InChI=1S/C11H21N3/c1-9(2)5-6-10(3)13-11-7-12-14(4)8-11/h7-10,13H,5-6H2,1-4H3/t10-/m1/s1. The summed E-state index contributed by atoms with van der Waals surface area (Å²) < 4.78 is 1.82. The summed E-state index contributed by atoms with van der Waals surface area (Å²) in [7, 11) is 1.93. The van der Waals surface area contributed by atoms with Crippen molar-refractivity contribution in [2.24, 2.45) is 13.0 Å². The van der Waals surface area contributed by atoms with E-state index in [1.807, 2.05) is 24.1 Å². The zero-order valence-corrected chi connectivity index (χ0v) is 9.62. The summed E-state index contributed by atoms with van der Waals surface area (Å²) in [5, 5.41) is 7.55. The molecule has 0 aliphatic carbocycles. The van der Waals surface area contributed by atoms with Gasteiger partial charge in [-0.25, -0.2) is 0 Å². The summed E-state index contributed by atoms with van der Waals surface area (Å²) in [6, 6.07) is 0.529. The predicted molar refractivity (Wildman–Crippen MR) is 60.4 cm³/mol. The largest absolute Gasteiger partial charge is 0.380 e. The lowest BCUT2D eigenvalue weighted by Crippen LogP contribution is -2.15. The predicted octanol–water partition coefficient (Wildman–Crippen LogP) is 2.66. The van der Waals surface area contributed by atoms with E-state index in [1.54, 1.807) is 0 Å². The molecule has 0 bridgehead atoms. The van der Waals surface area contributed by atoms with Gasteiger partial charge in [-0.15, -0.1) is 0 Å². The molecule has 1 atom stereocenters. The van der Waals surface area contributed by atoms with Gasteiger partial charge in [0.2, 0.25) is 0 Å². The fraction of sp³-hybridized carbons (Fsp3) is 0.727. The molecule has 0 aromatic carbocycles. The van der Waals surface area contributed by atoms with Gasteiger partial charge in [-0.2, -0.15) is 5.10 Å². The molecule has 0 aliphatic rings. The van der Waals surface area contributed by atoms with Gasteiger partial charge >= 0.3 is 0 Å². The van der Waals surface area contributed by atoms with Crippen molar-refractivity contribution < 1.29 is 0 Å². The van der Waals surface area contributed by atoms with Crippen molar-refractivity contribution in [3.63, 3.8) is 0 Å². The fourth-order valence-electron chi connectivity index (χ4n) is 1.44. The Labute approximate surface area is 86.5 Å². The number of nitrogens with zero attached hydrogens (tertiary/aromatic N) is 2. The van der Waals surface area contributed by atoms with Crippen LogP contribution in [0, 0.1) is 5.92 Å². The number of anilines is 1. The number of hydrogen-bond acceptors (Lipinski definition) is 2. The molecular formula is C11H21N3. The quantitative estimate of drug-likeness (QED) is 0.782. The van der Waals surface area contributed by atoms with Crippen LogP contribution in [0.15, 0.2) is 12.4 Å². The number of nitrogens with one attached hydrogen (secondary N) is 1. The zero-order valence-electron chi connectivity index (χ0n) is 9.62. The van der Waals surface area contributed by atoms with Gasteiger partial charge < -0.3 is 5.32 Å². The van der Waals surface area contributed by atoms with Gasteiger partial charge in [0.05, 0.1) is 11.9 Å². The molecule has 3 nitrogen and oxygen atoms in total. The second-order valence-electron chi connectivity index (χ2n) is 4.42. The van der Waals surface area contributed by atoms with E-state index in [4.69, 9.17) is 0 Å². The first-order valence-corrected chi connectivity index (χ1v) is 5.33. The summed E-state index contributed by atoms with van der Waals surface area (Å²) >= 11 is 0. The van der Waals surface area contributed by atoms with Gasteiger partial charge in [-0.05, 0) is 25.7 Å². The highest BCUT2D eigenvalue weighted by molar-refractivity contribution is 5.38. The van der Waals surface area contributed by atoms with E-state index in [2.05, 4.69) is 31.2 Å². The molecule has 80 valence electrons. The number of hydrogen-bond donors (Lipinski definition) is 1. The minimum atomic E-state index is 0.529. The second-order valence-corrected chi connectivity index (χ2v) is 4.42. The molecule has 0 fully saturated rings. The summed E-state index contributed by atoms with van der Waals surface area (Å²) in [5.74, 6) is 0.785. The van der Waals surface area contributed by atoms with Crippen LogP contribution in [0.5, 0.6) is 0 Å². The smallest absolute Gasteiger partial charge is 0.0728 e. The Bertz CT molecular complexity index is 265.